The molecule has 0 aliphatic carbocycles. The lowest BCUT2D eigenvalue weighted by Crippen LogP contribution is -2.08. The zero-order valence-corrected chi connectivity index (χ0v) is 9.89. The summed E-state index contributed by atoms with van der Waals surface area (Å²) in [6.45, 7) is 3.47. The maximum Gasteiger partial charge on any atom is 0.348 e. The first-order chi connectivity index (χ1) is 7.04. The van der Waals surface area contributed by atoms with Crippen molar-refractivity contribution >= 4 is 23.1 Å². The summed E-state index contributed by atoms with van der Waals surface area (Å²) in [5, 5.41) is 1.89. The van der Waals surface area contributed by atoms with Crippen molar-refractivity contribution in [1.29, 1.82) is 0 Å². The molecule has 0 fully saturated rings. The number of esters is 1. The van der Waals surface area contributed by atoms with Gasteiger partial charge in [-0.15, -0.1) is 11.3 Å². The van der Waals surface area contributed by atoms with Gasteiger partial charge in [-0.05, 0) is 30.4 Å². The van der Waals surface area contributed by atoms with Crippen LogP contribution in [0, 0.1) is 5.92 Å². The predicted molar refractivity (Wildman–Crippen MR) is 59.2 cm³/mol. The van der Waals surface area contributed by atoms with Gasteiger partial charge < -0.3 is 4.74 Å². The molecule has 0 aliphatic heterocycles. The van der Waals surface area contributed by atoms with Crippen LogP contribution in [0.2, 0.25) is 0 Å². The number of Topliss-reactive ketones (excluding diaryl/α,β-unsaturated/α-hetero) is 1. The Kier molecular flexibility index (Phi) is 4.03. The summed E-state index contributed by atoms with van der Waals surface area (Å²) in [6, 6.07) is 1.79. The van der Waals surface area contributed by atoms with E-state index in [0.717, 1.165) is 5.56 Å². The number of methoxy groups -OCH3 is 1. The van der Waals surface area contributed by atoms with Gasteiger partial charge in [-0.25, -0.2) is 4.79 Å². The van der Waals surface area contributed by atoms with Gasteiger partial charge in [0.15, 0.2) is 0 Å². The second kappa shape index (κ2) is 5.07. The SMILES string of the molecule is COC(=O)c1cc(CC(C)C(C)=O)cs1. The van der Waals surface area contributed by atoms with Crippen molar-refractivity contribution in [2.45, 2.75) is 20.3 Å². The minimum atomic E-state index is -0.318. The zero-order valence-electron chi connectivity index (χ0n) is 9.07. The molecule has 0 bridgehead atoms. The number of ether oxygens (including phenoxy) is 1. The van der Waals surface area contributed by atoms with E-state index in [1.54, 1.807) is 13.0 Å². The fraction of sp³-hybridized carbons (Fsp3) is 0.455. The number of thiophene rings is 1. The van der Waals surface area contributed by atoms with E-state index in [-0.39, 0.29) is 17.7 Å². The van der Waals surface area contributed by atoms with Crippen LogP contribution in [0.3, 0.4) is 0 Å². The molecular formula is C11H14O3S. The predicted octanol–water partition coefficient (Wildman–Crippen LogP) is 2.30. The Morgan fingerprint density at radius 1 is 1.53 bits per heavy atom. The number of hydrogen-bond acceptors (Lipinski definition) is 4. The molecule has 1 aromatic rings. The molecule has 0 N–H and O–H groups in total. The highest BCUT2D eigenvalue weighted by Crippen LogP contribution is 2.18. The van der Waals surface area contributed by atoms with E-state index in [1.165, 1.54) is 18.4 Å². The van der Waals surface area contributed by atoms with Crippen LogP contribution in [-0.4, -0.2) is 18.9 Å². The summed E-state index contributed by atoms with van der Waals surface area (Å²) in [6.07, 6.45) is 0.683. The number of carbonyl (C=O) groups excluding carboxylic acids is 2. The molecule has 1 rings (SSSR count). The first kappa shape index (κ1) is 11.9. The van der Waals surface area contributed by atoms with E-state index < -0.39 is 0 Å². The third kappa shape index (κ3) is 3.16. The molecular weight excluding hydrogens is 212 g/mol. The highest BCUT2D eigenvalue weighted by atomic mass is 32.1. The molecule has 3 nitrogen and oxygen atoms in total. The summed E-state index contributed by atoms with van der Waals surface area (Å²) < 4.78 is 4.61. The normalized spacial score (nSPS) is 12.2. The Morgan fingerprint density at radius 3 is 2.73 bits per heavy atom. The van der Waals surface area contributed by atoms with Crippen LogP contribution in [0.15, 0.2) is 11.4 Å². The van der Waals surface area contributed by atoms with Gasteiger partial charge in [0.05, 0.1) is 7.11 Å². The highest BCUT2D eigenvalue weighted by Gasteiger charge is 2.13. The molecule has 1 heterocycles. The van der Waals surface area contributed by atoms with Gasteiger partial charge in [0.1, 0.15) is 10.7 Å². The Morgan fingerprint density at radius 2 is 2.20 bits per heavy atom. The quantitative estimate of drug-likeness (QED) is 0.740. The zero-order chi connectivity index (χ0) is 11.4. The van der Waals surface area contributed by atoms with Gasteiger partial charge in [-0.3, -0.25) is 4.79 Å². The molecule has 1 aromatic heterocycles. The maximum absolute atomic E-state index is 11.2. The Bertz CT molecular complexity index is 368. The number of ketones is 1. The maximum atomic E-state index is 11.2. The molecule has 0 spiro atoms. The summed E-state index contributed by atoms with van der Waals surface area (Å²) in [4.78, 5) is 22.8. The molecule has 0 amide bonds. The number of carbonyl (C=O) groups is 2. The van der Waals surface area contributed by atoms with Crippen LogP contribution in [0.4, 0.5) is 0 Å². The Hall–Kier alpha value is -1.16. The van der Waals surface area contributed by atoms with Gasteiger partial charge >= 0.3 is 5.97 Å². The third-order valence-corrected chi connectivity index (χ3v) is 3.24. The largest absolute Gasteiger partial charge is 0.465 e. The first-order valence-corrected chi connectivity index (χ1v) is 5.58. The number of rotatable bonds is 4. The second-order valence-electron chi connectivity index (χ2n) is 3.53. The van der Waals surface area contributed by atoms with Crippen molar-refractivity contribution in [3.05, 3.63) is 21.9 Å². The average molecular weight is 226 g/mol. The van der Waals surface area contributed by atoms with Crippen molar-refractivity contribution in [2.24, 2.45) is 5.92 Å². The van der Waals surface area contributed by atoms with Crippen molar-refractivity contribution < 1.29 is 14.3 Å². The molecule has 0 radical (unpaired) electrons. The monoisotopic (exact) mass is 226 g/mol. The molecule has 0 saturated carbocycles. The lowest BCUT2D eigenvalue weighted by molar-refractivity contribution is -0.120. The van der Waals surface area contributed by atoms with Crippen molar-refractivity contribution in [3.8, 4) is 0 Å². The van der Waals surface area contributed by atoms with E-state index in [9.17, 15) is 9.59 Å². The Labute approximate surface area is 93.1 Å². The van der Waals surface area contributed by atoms with Gasteiger partial charge in [0, 0.05) is 5.92 Å². The van der Waals surface area contributed by atoms with Crippen LogP contribution < -0.4 is 0 Å². The minimum Gasteiger partial charge on any atom is -0.465 e. The molecule has 0 aromatic carbocycles. The summed E-state index contributed by atoms with van der Waals surface area (Å²) >= 11 is 1.35. The van der Waals surface area contributed by atoms with E-state index in [2.05, 4.69) is 4.74 Å². The first-order valence-electron chi connectivity index (χ1n) is 4.70. The summed E-state index contributed by atoms with van der Waals surface area (Å²) in [7, 11) is 1.36. The lowest BCUT2D eigenvalue weighted by Gasteiger charge is -2.04. The van der Waals surface area contributed by atoms with Crippen molar-refractivity contribution in [2.75, 3.05) is 7.11 Å². The summed E-state index contributed by atoms with van der Waals surface area (Å²) in [5.41, 5.74) is 1.02. The van der Waals surface area contributed by atoms with Crippen LogP contribution in [-0.2, 0) is 16.0 Å². The molecule has 0 aliphatic rings. The average Bonchev–Trinajstić information content (AvgIpc) is 2.65. The fourth-order valence-electron chi connectivity index (χ4n) is 1.19. The standard InChI is InChI=1S/C11H14O3S/c1-7(8(2)12)4-9-5-10(15-6-9)11(13)14-3/h5-7H,4H2,1-3H3. The lowest BCUT2D eigenvalue weighted by atomic mass is 10.00. The fourth-order valence-corrected chi connectivity index (χ4v) is 2.03. The smallest absolute Gasteiger partial charge is 0.348 e. The van der Waals surface area contributed by atoms with Gasteiger partial charge in [0.25, 0.3) is 0 Å². The van der Waals surface area contributed by atoms with Crippen LogP contribution in [0.5, 0.6) is 0 Å². The molecule has 1 unspecified atom stereocenters. The van der Waals surface area contributed by atoms with Crippen molar-refractivity contribution in [3.63, 3.8) is 0 Å². The van der Waals surface area contributed by atoms with Crippen LogP contribution >= 0.6 is 11.3 Å². The van der Waals surface area contributed by atoms with Gasteiger partial charge in [-0.2, -0.15) is 0 Å². The second-order valence-corrected chi connectivity index (χ2v) is 4.44. The molecule has 82 valence electrons. The van der Waals surface area contributed by atoms with Crippen LogP contribution in [0.1, 0.15) is 29.1 Å². The third-order valence-electron chi connectivity index (χ3n) is 2.28. The highest BCUT2D eigenvalue weighted by molar-refractivity contribution is 7.12. The van der Waals surface area contributed by atoms with E-state index in [1.807, 2.05) is 12.3 Å². The number of hydrogen-bond donors (Lipinski definition) is 0. The van der Waals surface area contributed by atoms with E-state index in [0.29, 0.717) is 11.3 Å². The van der Waals surface area contributed by atoms with Crippen molar-refractivity contribution in [1.82, 2.24) is 0 Å². The molecule has 15 heavy (non-hydrogen) atoms. The molecule has 1 atom stereocenters. The van der Waals surface area contributed by atoms with Crippen LogP contribution in [0.25, 0.3) is 0 Å². The Balaban J connectivity index is 2.68. The topological polar surface area (TPSA) is 43.4 Å². The molecule has 4 heteroatoms. The minimum absolute atomic E-state index is 0.00472. The molecule has 0 saturated heterocycles. The van der Waals surface area contributed by atoms with E-state index in [4.69, 9.17) is 0 Å². The van der Waals surface area contributed by atoms with Gasteiger partial charge in [0.2, 0.25) is 0 Å². The van der Waals surface area contributed by atoms with Gasteiger partial charge in [-0.1, -0.05) is 6.92 Å². The summed E-state index contributed by atoms with van der Waals surface area (Å²) in [5.74, 6) is -0.146. The van der Waals surface area contributed by atoms with E-state index >= 15 is 0 Å².